The van der Waals surface area contributed by atoms with Crippen LogP contribution in [0.25, 0.3) is 0 Å². The maximum Gasteiger partial charge on any atom is 0.423 e. The van der Waals surface area contributed by atoms with Crippen LogP contribution in [-0.2, 0) is 15.2 Å². The Hall–Kier alpha value is -1.68. The van der Waals surface area contributed by atoms with Crippen LogP contribution in [-0.4, -0.2) is 19.6 Å². The van der Waals surface area contributed by atoms with Gasteiger partial charge in [0.15, 0.2) is 6.29 Å². The van der Waals surface area contributed by atoms with Crippen molar-refractivity contribution in [3.05, 3.63) is 33.4 Å². The first-order chi connectivity index (χ1) is 8.48. The number of carbonyl (C=O) groups is 1. The van der Waals surface area contributed by atoms with Crippen molar-refractivity contribution in [3.8, 4) is 0 Å². The van der Waals surface area contributed by atoms with Crippen LogP contribution in [0.4, 0.5) is 18.9 Å². The predicted molar refractivity (Wildman–Crippen MR) is 56.5 cm³/mol. The van der Waals surface area contributed by atoms with Gasteiger partial charge in [0.05, 0.1) is 9.82 Å². The Morgan fingerprint density at radius 1 is 1.32 bits per heavy atom. The van der Waals surface area contributed by atoms with E-state index in [1.807, 2.05) is 0 Å². The number of aldehydes is 1. The van der Waals surface area contributed by atoms with Gasteiger partial charge in [-0.05, 0) is 6.07 Å². The van der Waals surface area contributed by atoms with Gasteiger partial charge in [-0.3, -0.25) is 14.9 Å². The minimum Gasteiger partial charge on any atom is -0.298 e. The lowest BCUT2D eigenvalue weighted by Crippen LogP contribution is -2.13. The van der Waals surface area contributed by atoms with E-state index < -0.39 is 41.9 Å². The molecule has 1 rings (SSSR count). The zero-order chi connectivity index (χ0) is 15.0. The van der Waals surface area contributed by atoms with Crippen LogP contribution in [0.1, 0.15) is 15.9 Å². The van der Waals surface area contributed by atoms with E-state index in [4.69, 9.17) is 10.7 Å². The van der Waals surface area contributed by atoms with E-state index in [-0.39, 0.29) is 12.4 Å². The lowest BCUT2D eigenvalue weighted by Gasteiger charge is -2.10. The van der Waals surface area contributed by atoms with Gasteiger partial charge in [-0.15, -0.1) is 0 Å². The highest BCUT2D eigenvalue weighted by Crippen LogP contribution is 2.39. The summed E-state index contributed by atoms with van der Waals surface area (Å²) in [7, 11) is 0.371. The van der Waals surface area contributed by atoms with Crippen molar-refractivity contribution in [1.29, 1.82) is 0 Å². The summed E-state index contributed by atoms with van der Waals surface area (Å²) in [6.45, 7) is 0. The van der Waals surface area contributed by atoms with Crippen molar-refractivity contribution < 1.29 is 31.3 Å². The van der Waals surface area contributed by atoms with E-state index in [1.54, 1.807) is 0 Å². The molecule has 11 heteroatoms. The molecule has 1 aromatic carbocycles. The molecule has 6 nitrogen and oxygen atoms in total. The maximum absolute atomic E-state index is 12.6. The number of nitro benzene ring substituents is 1. The largest absolute Gasteiger partial charge is 0.423 e. The highest BCUT2D eigenvalue weighted by Gasteiger charge is 2.42. The van der Waals surface area contributed by atoms with E-state index in [0.29, 0.717) is 6.07 Å². The molecule has 0 aliphatic heterocycles. The molecule has 0 saturated carbocycles. The van der Waals surface area contributed by atoms with Crippen molar-refractivity contribution in [1.82, 2.24) is 0 Å². The molecule has 0 fully saturated rings. The van der Waals surface area contributed by atoms with E-state index in [9.17, 15) is 36.5 Å². The normalized spacial score (nSPS) is 12.2. The second kappa shape index (κ2) is 4.78. The Kier molecular flexibility index (Phi) is 3.87. The second-order valence-electron chi connectivity index (χ2n) is 3.22. The molecule has 0 radical (unpaired) electrons. The highest BCUT2D eigenvalue weighted by molar-refractivity contribution is 8.13. The Morgan fingerprint density at radius 3 is 2.16 bits per heavy atom. The fourth-order valence-corrected chi connectivity index (χ4v) is 2.10. The maximum atomic E-state index is 12.6. The van der Waals surface area contributed by atoms with Crippen molar-refractivity contribution in [2.24, 2.45) is 0 Å². The molecular formula is C8H3ClF3NO5S. The zero-order valence-electron chi connectivity index (χ0n) is 8.64. The van der Waals surface area contributed by atoms with Crippen LogP contribution in [0.5, 0.6) is 0 Å². The number of rotatable bonds is 3. The molecule has 0 aromatic heterocycles. The van der Waals surface area contributed by atoms with E-state index in [1.165, 1.54) is 0 Å². The van der Waals surface area contributed by atoms with Gasteiger partial charge in [0.1, 0.15) is 5.56 Å². The number of alkyl halides is 3. The van der Waals surface area contributed by atoms with Gasteiger partial charge >= 0.3 is 6.18 Å². The van der Waals surface area contributed by atoms with Gasteiger partial charge in [-0.25, -0.2) is 8.42 Å². The van der Waals surface area contributed by atoms with Gasteiger partial charge < -0.3 is 0 Å². The minimum absolute atomic E-state index is 0.151. The quantitative estimate of drug-likeness (QED) is 0.369. The lowest BCUT2D eigenvalue weighted by molar-refractivity contribution is -0.388. The Bertz CT molecular complexity index is 655. The summed E-state index contributed by atoms with van der Waals surface area (Å²) in [6.07, 6.45) is -5.52. The Balaban J connectivity index is 3.84. The van der Waals surface area contributed by atoms with Crippen LogP contribution >= 0.6 is 10.7 Å². The number of hydrogen-bond acceptors (Lipinski definition) is 5. The van der Waals surface area contributed by atoms with Crippen molar-refractivity contribution >= 4 is 31.7 Å². The van der Waals surface area contributed by atoms with Crippen molar-refractivity contribution in [3.63, 3.8) is 0 Å². The zero-order valence-corrected chi connectivity index (χ0v) is 10.2. The molecule has 19 heavy (non-hydrogen) atoms. The molecule has 0 saturated heterocycles. The first-order valence-electron chi connectivity index (χ1n) is 4.28. The van der Waals surface area contributed by atoms with E-state index >= 15 is 0 Å². The van der Waals surface area contributed by atoms with E-state index in [2.05, 4.69) is 0 Å². The average Bonchev–Trinajstić information content (AvgIpc) is 2.24. The van der Waals surface area contributed by atoms with Gasteiger partial charge in [0.2, 0.25) is 0 Å². The van der Waals surface area contributed by atoms with Gasteiger partial charge in [-0.1, -0.05) is 0 Å². The molecule has 0 aliphatic carbocycles. The lowest BCUT2D eigenvalue weighted by atomic mass is 10.1. The average molecular weight is 318 g/mol. The first kappa shape index (κ1) is 15.4. The molecule has 0 amide bonds. The molecule has 0 spiro atoms. The SMILES string of the molecule is O=Cc1cc(S(=O)(=O)Cl)cc([N+](=O)[O-])c1C(F)(F)F. The molecule has 0 bridgehead atoms. The Morgan fingerprint density at radius 2 is 1.84 bits per heavy atom. The minimum atomic E-state index is -5.19. The summed E-state index contributed by atoms with van der Waals surface area (Å²) in [4.78, 5) is 18.7. The third-order valence-electron chi connectivity index (χ3n) is 2.01. The van der Waals surface area contributed by atoms with Gasteiger partial charge in [0.25, 0.3) is 14.7 Å². The Labute approximate surface area is 108 Å². The molecule has 0 heterocycles. The molecule has 0 aliphatic rings. The molecule has 0 atom stereocenters. The number of nitro groups is 1. The standard InChI is InChI=1S/C8H3ClF3NO5S/c9-19(17,18)5-1-4(3-14)7(8(10,11)12)6(2-5)13(15)16/h1-3H. The number of nitrogens with zero attached hydrogens (tertiary/aromatic N) is 1. The van der Waals surface area contributed by atoms with Crippen LogP contribution < -0.4 is 0 Å². The topological polar surface area (TPSA) is 94.3 Å². The molecule has 0 N–H and O–H groups in total. The van der Waals surface area contributed by atoms with Crippen LogP contribution in [0.3, 0.4) is 0 Å². The highest BCUT2D eigenvalue weighted by atomic mass is 35.7. The first-order valence-corrected chi connectivity index (χ1v) is 6.59. The summed E-state index contributed by atoms with van der Waals surface area (Å²) >= 11 is 0. The smallest absolute Gasteiger partial charge is 0.298 e. The van der Waals surface area contributed by atoms with Crippen LogP contribution in [0.2, 0.25) is 0 Å². The summed E-state index contributed by atoms with van der Waals surface area (Å²) < 4.78 is 59.9. The molecule has 1 aromatic rings. The van der Waals surface area contributed by atoms with Crippen LogP contribution in [0, 0.1) is 10.1 Å². The monoisotopic (exact) mass is 317 g/mol. The molecule has 104 valence electrons. The molecule has 0 unspecified atom stereocenters. The van der Waals surface area contributed by atoms with Crippen LogP contribution in [0.15, 0.2) is 17.0 Å². The number of benzene rings is 1. The molecular weight excluding hydrogens is 315 g/mol. The third-order valence-corrected chi connectivity index (χ3v) is 3.34. The van der Waals surface area contributed by atoms with Crippen molar-refractivity contribution in [2.75, 3.05) is 0 Å². The third kappa shape index (κ3) is 3.20. The number of carbonyl (C=O) groups excluding carboxylic acids is 1. The fraction of sp³-hybridized carbons (Fsp3) is 0.125. The number of hydrogen-bond donors (Lipinski definition) is 0. The van der Waals surface area contributed by atoms with Gasteiger partial charge in [0, 0.05) is 22.3 Å². The van der Waals surface area contributed by atoms with E-state index in [0.717, 1.165) is 0 Å². The predicted octanol–water partition coefficient (Wildman–Crippen LogP) is 2.35. The van der Waals surface area contributed by atoms with Gasteiger partial charge in [-0.2, -0.15) is 13.2 Å². The van der Waals surface area contributed by atoms with Crippen molar-refractivity contribution in [2.45, 2.75) is 11.1 Å². The number of halogens is 4. The summed E-state index contributed by atoms with van der Waals surface area (Å²) in [5.74, 6) is 0. The second-order valence-corrected chi connectivity index (χ2v) is 5.78. The summed E-state index contributed by atoms with van der Waals surface area (Å²) in [5, 5.41) is 10.6. The fourth-order valence-electron chi connectivity index (χ4n) is 1.31. The summed E-state index contributed by atoms with van der Waals surface area (Å²) in [6, 6.07) is 0.476. The summed E-state index contributed by atoms with van der Waals surface area (Å²) in [5.41, 5.74) is -4.56.